The quantitative estimate of drug-likeness (QED) is 0.858. The van der Waals surface area contributed by atoms with Crippen molar-refractivity contribution in [3.05, 3.63) is 17.8 Å². The van der Waals surface area contributed by atoms with Crippen LogP contribution in [0.1, 0.15) is 42.5 Å². The Morgan fingerprint density at radius 1 is 1.32 bits per heavy atom. The number of pyridine rings is 1. The monoisotopic (exact) mass is 344 g/mol. The van der Waals surface area contributed by atoms with Crippen molar-refractivity contribution in [2.75, 3.05) is 36.5 Å². The van der Waals surface area contributed by atoms with Crippen LogP contribution >= 0.6 is 0 Å². The van der Waals surface area contributed by atoms with Crippen molar-refractivity contribution in [3.63, 3.8) is 0 Å². The zero-order valence-electron chi connectivity index (χ0n) is 14.3. The lowest BCUT2D eigenvalue weighted by Gasteiger charge is -2.35. The van der Waals surface area contributed by atoms with E-state index in [1.165, 1.54) is 0 Å². The fraction of sp³-hybridized carbons (Fsp3) is 0.611. The lowest BCUT2D eigenvalue weighted by Crippen LogP contribution is -2.46. The summed E-state index contributed by atoms with van der Waals surface area (Å²) in [4.78, 5) is 33.1. The number of aliphatic hydroxyl groups is 1. The van der Waals surface area contributed by atoms with Crippen LogP contribution in [0.15, 0.2) is 12.3 Å². The summed E-state index contributed by atoms with van der Waals surface area (Å²) in [7, 11) is 0. The van der Waals surface area contributed by atoms with Crippen molar-refractivity contribution >= 4 is 23.3 Å². The van der Waals surface area contributed by atoms with Crippen LogP contribution in [0.3, 0.4) is 0 Å². The van der Waals surface area contributed by atoms with Crippen LogP contribution in [-0.4, -0.2) is 59.1 Å². The van der Waals surface area contributed by atoms with Gasteiger partial charge in [-0.15, -0.1) is 0 Å². The fourth-order valence-corrected chi connectivity index (χ4v) is 3.68. The van der Waals surface area contributed by atoms with E-state index >= 15 is 0 Å². The Morgan fingerprint density at radius 2 is 2.16 bits per heavy atom. The highest BCUT2D eigenvalue weighted by molar-refractivity contribution is 6.04. The molecule has 2 aliphatic heterocycles. The van der Waals surface area contributed by atoms with E-state index in [1.807, 2.05) is 0 Å². The van der Waals surface area contributed by atoms with Crippen LogP contribution in [0.25, 0.3) is 0 Å². The van der Waals surface area contributed by atoms with Gasteiger partial charge in [0.25, 0.3) is 5.91 Å². The minimum absolute atomic E-state index is 0.0159. The van der Waals surface area contributed by atoms with Crippen molar-refractivity contribution in [3.8, 4) is 0 Å². The molecule has 2 fully saturated rings. The minimum Gasteiger partial charge on any atom is -0.394 e. The molecule has 7 nitrogen and oxygen atoms in total. The highest BCUT2D eigenvalue weighted by atomic mass is 16.3. The summed E-state index contributed by atoms with van der Waals surface area (Å²) < 4.78 is 0. The maximum atomic E-state index is 12.9. The summed E-state index contributed by atoms with van der Waals surface area (Å²) in [5.41, 5.74) is 1.18. The summed E-state index contributed by atoms with van der Waals surface area (Å²) in [5, 5.41) is 12.6. The first-order chi connectivity index (χ1) is 12.2. The predicted octanol–water partition coefficient (Wildman–Crippen LogP) is 1.24. The van der Waals surface area contributed by atoms with Crippen molar-refractivity contribution in [2.24, 2.45) is 5.92 Å². The van der Waals surface area contributed by atoms with Gasteiger partial charge in [-0.3, -0.25) is 9.59 Å². The number of aromatic nitrogens is 1. The van der Waals surface area contributed by atoms with E-state index in [9.17, 15) is 14.7 Å². The van der Waals surface area contributed by atoms with Gasteiger partial charge < -0.3 is 20.2 Å². The average Bonchev–Trinajstić information content (AvgIpc) is 3.47. The first-order valence-electron chi connectivity index (χ1n) is 9.13. The van der Waals surface area contributed by atoms with E-state index in [1.54, 1.807) is 22.1 Å². The molecule has 1 unspecified atom stereocenters. The molecule has 1 atom stereocenters. The van der Waals surface area contributed by atoms with E-state index in [-0.39, 0.29) is 31.0 Å². The molecule has 4 rings (SSSR count). The Balaban J connectivity index is 1.61. The summed E-state index contributed by atoms with van der Waals surface area (Å²) in [6.45, 7) is 1.59. The summed E-state index contributed by atoms with van der Waals surface area (Å²) in [6, 6.07) is 1.65. The lowest BCUT2D eigenvalue weighted by atomic mass is 10.0. The second-order valence-corrected chi connectivity index (χ2v) is 7.22. The summed E-state index contributed by atoms with van der Waals surface area (Å²) in [6.07, 6.45) is 6.70. The fourth-order valence-electron chi connectivity index (χ4n) is 3.68. The number of hydrogen-bond acceptors (Lipinski definition) is 5. The van der Waals surface area contributed by atoms with Gasteiger partial charge in [0.2, 0.25) is 5.91 Å². The first-order valence-corrected chi connectivity index (χ1v) is 9.13. The summed E-state index contributed by atoms with van der Waals surface area (Å²) >= 11 is 0. The number of carbonyl (C=O) groups is 2. The molecule has 0 bridgehead atoms. The highest BCUT2D eigenvalue weighted by Crippen LogP contribution is 2.35. The molecule has 0 aromatic carbocycles. The molecule has 2 amide bonds. The number of nitrogens with zero attached hydrogens (tertiary/aromatic N) is 3. The molecule has 0 spiro atoms. The average molecular weight is 344 g/mol. The van der Waals surface area contributed by atoms with Gasteiger partial charge in [-0.1, -0.05) is 0 Å². The molecule has 1 aromatic heterocycles. The van der Waals surface area contributed by atoms with Crippen LogP contribution in [0.4, 0.5) is 11.5 Å². The Kier molecular flexibility index (Phi) is 4.33. The second kappa shape index (κ2) is 6.63. The molecule has 25 heavy (non-hydrogen) atoms. The third kappa shape index (κ3) is 3.20. The first kappa shape index (κ1) is 16.3. The number of anilines is 2. The molecule has 1 aromatic rings. The molecule has 1 saturated heterocycles. The van der Waals surface area contributed by atoms with Gasteiger partial charge in [0, 0.05) is 19.3 Å². The standard InChI is InChI=1S/C18H24N4O3/c23-11-14-3-1-2-6-21(14)18(25)13-7-15-17(19-8-13)20-9-16(24)22(15)10-12-4-5-12/h7-8,12,14,23H,1-6,9-11H2,(H,19,20). The third-order valence-corrected chi connectivity index (χ3v) is 5.35. The number of aliphatic hydroxyl groups excluding tert-OH is 1. The summed E-state index contributed by atoms with van der Waals surface area (Å²) in [5.74, 6) is 1.14. The molecule has 2 N–H and O–H groups in total. The SMILES string of the molecule is O=C1CNc2ncc(C(=O)N3CCCCC3CO)cc2N1CC1CC1. The smallest absolute Gasteiger partial charge is 0.255 e. The van der Waals surface area contributed by atoms with Crippen LogP contribution in [0, 0.1) is 5.92 Å². The van der Waals surface area contributed by atoms with Crippen molar-refractivity contribution < 1.29 is 14.7 Å². The zero-order valence-corrected chi connectivity index (χ0v) is 14.3. The number of carbonyl (C=O) groups excluding carboxylic acids is 2. The number of piperidine rings is 1. The largest absolute Gasteiger partial charge is 0.394 e. The van der Waals surface area contributed by atoms with Crippen LogP contribution in [0.2, 0.25) is 0 Å². The molecule has 3 aliphatic rings. The predicted molar refractivity (Wildman–Crippen MR) is 93.6 cm³/mol. The van der Waals surface area contributed by atoms with Crippen LogP contribution < -0.4 is 10.2 Å². The Morgan fingerprint density at radius 3 is 2.92 bits per heavy atom. The van der Waals surface area contributed by atoms with Crippen LogP contribution in [-0.2, 0) is 4.79 Å². The van der Waals surface area contributed by atoms with E-state index in [0.717, 1.165) is 32.1 Å². The van der Waals surface area contributed by atoms with Crippen molar-refractivity contribution in [1.82, 2.24) is 9.88 Å². The van der Waals surface area contributed by atoms with Gasteiger partial charge in [0.1, 0.15) is 5.82 Å². The number of likely N-dealkylation sites (tertiary alicyclic amines) is 1. The molecule has 1 aliphatic carbocycles. The Labute approximate surface area is 147 Å². The minimum atomic E-state index is -0.125. The number of fused-ring (bicyclic) bond motifs is 1. The molecule has 3 heterocycles. The van der Waals surface area contributed by atoms with E-state index in [4.69, 9.17) is 0 Å². The zero-order chi connectivity index (χ0) is 17.4. The molecular weight excluding hydrogens is 320 g/mol. The maximum Gasteiger partial charge on any atom is 0.255 e. The topological polar surface area (TPSA) is 85.8 Å². The number of amides is 2. The van der Waals surface area contributed by atoms with Gasteiger partial charge in [-0.2, -0.15) is 0 Å². The molecule has 7 heteroatoms. The normalized spacial score (nSPS) is 23.2. The van der Waals surface area contributed by atoms with Gasteiger partial charge >= 0.3 is 0 Å². The van der Waals surface area contributed by atoms with Gasteiger partial charge in [0.05, 0.1) is 30.4 Å². The van der Waals surface area contributed by atoms with Crippen molar-refractivity contribution in [1.29, 1.82) is 0 Å². The molecule has 134 valence electrons. The lowest BCUT2D eigenvalue weighted by molar-refractivity contribution is -0.117. The number of hydrogen-bond donors (Lipinski definition) is 2. The van der Waals surface area contributed by atoms with Gasteiger partial charge in [-0.05, 0) is 44.1 Å². The third-order valence-electron chi connectivity index (χ3n) is 5.35. The molecular formula is C18H24N4O3. The van der Waals surface area contributed by atoms with Crippen LogP contribution in [0.5, 0.6) is 0 Å². The van der Waals surface area contributed by atoms with E-state index in [2.05, 4.69) is 10.3 Å². The molecule has 1 saturated carbocycles. The molecule has 0 radical (unpaired) electrons. The Hall–Kier alpha value is -2.15. The van der Waals surface area contributed by atoms with Gasteiger partial charge in [0.15, 0.2) is 0 Å². The maximum absolute atomic E-state index is 12.9. The van der Waals surface area contributed by atoms with Crippen molar-refractivity contribution in [2.45, 2.75) is 38.1 Å². The second-order valence-electron chi connectivity index (χ2n) is 7.22. The Bertz CT molecular complexity index is 689. The number of nitrogens with one attached hydrogen (secondary N) is 1. The van der Waals surface area contributed by atoms with Gasteiger partial charge in [-0.25, -0.2) is 4.98 Å². The van der Waals surface area contributed by atoms with E-state index < -0.39 is 0 Å². The highest BCUT2D eigenvalue weighted by Gasteiger charge is 2.33. The van der Waals surface area contributed by atoms with E-state index in [0.29, 0.717) is 36.1 Å². The number of rotatable bonds is 4.